The molecular weight excluding hydrogens is 267 g/mol. The molecule has 0 radical (unpaired) electrons. The van der Waals surface area contributed by atoms with E-state index in [4.69, 9.17) is 5.73 Å². The van der Waals surface area contributed by atoms with Crippen molar-refractivity contribution in [2.24, 2.45) is 5.73 Å². The van der Waals surface area contributed by atoms with Crippen LogP contribution in [0.15, 0.2) is 48.5 Å². The standard InChI is InChI=1S/C17H17FN2O/c18-14-6-3-5-13(10-14)16(19)11-20-9-8-12-4-1-2-7-15(12)17(20)21/h1-7,10,16H,8-9,11,19H2. The van der Waals surface area contributed by atoms with E-state index >= 15 is 0 Å². The molecule has 0 aromatic heterocycles. The maximum absolute atomic E-state index is 13.2. The van der Waals surface area contributed by atoms with Crippen molar-refractivity contribution in [3.05, 3.63) is 71.0 Å². The predicted octanol–water partition coefficient (Wildman–Crippen LogP) is 2.52. The number of hydrogen-bond donors (Lipinski definition) is 1. The van der Waals surface area contributed by atoms with E-state index in [1.165, 1.54) is 12.1 Å². The highest BCUT2D eigenvalue weighted by atomic mass is 19.1. The van der Waals surface area contributed by atoms with Gasteiger partial charge in [-0.25, -0.2) is 4.39 Å². The van der Waals surface area contributed by atoms with Gasteiger partial charge in [0.2, 0.25) is 0 Å². The summed E-state index contributed by atoms with van der Waals surface area (Å²) in [5.74, 6) is -0.304. The van der Waals surface area contributed by atoms with E-state index in [9.17, 15) is 9.18 Å². The summed E-state index contributed by atoms with van der Waals surface area (Å²) in [6, 6.07) is 13.5. The van der Waals surface area contributed by atoms with Gasteiger partial charge in [-0.05, 0) is 35.7 Å². The number of rotatable bonds is 3. The molecule has 0 fully saturated rings. The molecular formula is C17H17FN2O. The summed E-state index contributed by atoms with van der Waals surface area (Å²) in [5.41, 5.74) is 8.65. The minimum atomic E-state index is -0.380. The Labute approximate surface area is 123 Å². The van der Waals surface area contributed by atoms with Crippen LogP contribution in [0.1, 0.15) is 27.5 Å². The van der Waals surface area contributed by atoms with Crippen LogP contribution in [0.25, 0.3) is 0 Å². The van der Waals surface area contributed by atoms with E-state index in [0.29, 0.717) is 18.7 Å². The Morgan fingerprint density at radius 3 is 2.81 bits per heavy atom. The van der Waals surface area contributed by atoms with Crippen LogP contribution in [-0.4, -0.2) is 23.9 Å². The average molecular weight is 284 g/mol. The summed E-state index contributed by atoms with van der Waals surface area (Å²) in [6.07, 6.45) is 0.831. The molecule has 2 N–H and O–H groups in total. The molecule has 3 rings (SSSR count). The third-order valence-corrected chi connectivity index (χ3v) is 3.88. The molecule has 108 valence electrons. The van der Waals surface area contributed by atoms with Crippen LogP contribution >= 0.6 is 0 Å². The molecule has 3 nitrogen and oxygen atoms in total. The molecule has 0 aliphatic carbocycles. The second-order valence-electron chi connectivity index (χ2n) is 5.32. The van der Waals surface area contributed by atoms with Crippen LogP contribution in [0, 0.1) is 5.82 Å². The number of halogens is 1. The quantitative estimate of drug-likeness (QED) is 0.941. The monoisotopic (exact) mass is 284 g/mol. The number of carbonyl (C=O) groups is 1. The summed E-state index contributed by atoms with van der Waals surface area (Å²) in [7, 11) is 0. The lowest BCUT2D eigenvalue weighted by Gasteiger charge is -2.30. The summed E-state index contributed by atoms with van der Waals surface area (Å²) in [4.78, 5) is 14.2. The maximum Gasteiger partial charge on any atom is 0.254 e. The number of amides is 1. The second kappa shape index (κ2) is 5.66. The van der Waals surface area contributed by atoms with Crippen LogP contribution in [0.2, 0.25) is 0 Å². The van der Waals surface area contributed by atoms with Gasteiger partial charge in [-0.3, -0.25) is 4.79 Å². The van der Waals surface area contributed by atoms with Crippen molar-refractivity contribution < 1.29 is 9.18 Å². The van der Waals surface area contributed by atoms with Crippen molar-refractivity contribution in [1.29, 1.82) is 0 Å². The minimum absolute atomic E-state index is 0.00343. The highest BCUT2D eigenvalue weighted by Crippen LogP contribution is 2.21. The van der Waals surface area contributed by atoms with Crippen LogP contribution in [0.3, 0.4) is 0 Å². The van der Waals surface area contributed by atoms with Crippen molar-refractivity contribution in [3.63, 3.8) is 0 Å². The topological polar surface area (TPSA) is 46.3 Å². The van der Waals surface area contributed by atoms with Gasteiger partial charge in [0.25, 0.3) is 5.91 Å². The van der Waals surface area contributed by atoms with E-state index in [-0.39, 0.29) is 17.8 Å². The van der Waals surface area contributed by atoms with Crippen molar-refractivity contribution in [1.82, 2.24) is 4.90 Å². The maximum atomic E-state index is 13.2. The Morgan fingerprint density at radius 2 is 2.00 bits per heavy atom. The largest absolute Gasteiger partial charge is 0.336 e. The zero-order valence-corrected chi connectivity index (χ0v) is 11.6. The SMILES string of the molecule is NC(CN1CCc2ccccc2C1=O)c1cccc(F)c1. The number of nitrogens with two attached hydrogens (primary N) is 1. The highest BCUT2D eigenvalue weighted by Gasteiger charge is 2.25. The van der Waals surface area contributed by atoms with E-state index in [1.807, 2.05) is 24.3 Å². The molecule has 1 amide bonds. The highest BCUT2D eigenvalue weighted by molar-refractivity contribution is 5.96. The molecule has 1 atom stereocenters. The van der Waals surface area contributed by atoms with E-state index in [2.05, 4.69) is 0 Å². The third kappa shape index (κ3) is 2.81. The normalized spacial score (nSPS) is 15.7. The molecule has 1 aliphatic rings. The van der Waals surface area contributed by atoms with Crippen LogP contribution < -0.4 is 5.73 Å². The Morgan fingerprint density at radius 1 is 1.19 bits per heavy atom. The molecule has 1 heterocycles. The zero-order chi connectivity index (χ0) is 14.8. The summed E-state index contributed by atoms with van der Waals surface area (Å²) in [6.45, 7) is 1.05. The van der Waals surface area contributed by atoms with E-state index < -0.39 is 0 Å². The molecule has 21 heavy (non-hydrogen) atoms. The van der Waals surface area contributed by atoms with Gasteiger partial charge < -0.3 is 10.6 Å². The lowest BCUT2D eigenvalue weighted by atomic mass is 9.98. The predicted molar refractivity (Wildman–Crippen MR) is 79.4 cm³/mol. The first-order valence-electron chi connectivity index (χ1n) is 7.03. The Balaban J connectivity index is 1.76. The molecule has 1 unspecified atom stereocenters. The van der Waals surface area contributed by atoms with Crippen molar-refractivity contribution >= 4 is 5.91 Å². The van der Waals surface area contributed by atoms with Crippen LogP contribution in [-0.2, 0) is 6.42 Å². The molecule has 0 saturated heterocycles. The Bertz CT molecular complexity index is 671. The van der Waals surface area contributed by atoms with Gasteiger partial charge in [0.1, 0.15) is 5.82 Å². The number of fused-ring (bicyclic) bond motifs is 1. The smallest absolute Gasteiger partial charge is 0.254 e. The third-order valence-electron chi connectivity index (χ3n) is 3.88. The van der Waals surface area contributed by atoms with Crippen molar-refractivity contribution in [2.75, 3.05) is 13.1 Å². The zero-order valence-electron chi connectivity index (χ0n) is 11.6. The van der Waals surface area contributed by atoms with Gasteiger partial charge in [0.15, 0.2) is 0 Å². The number of hydrogen-bond acceptors (Lipinski definition) is 2. The number of nitrogens with zero attached hydrogens (tertiary/aromatic N) is 1. The van der Waals surface area contributed by atoms with Gasteiger partial charge in [-0.1, -0.05) is 30.3 Å². The van der Waals surface area contributed by atoms with Crippen LogP contribution in [0.5, 0.6) is 0 Å². The molecule has 1 aliphatic heterocycles. The summed E-state index contributed by atoms with van der Waals surface area (Å²) in [5, 5.41) is 0. The first-order valence-corrected chi connectivity index (χ1v) is 7.03. The fraction of sp³-hybridized carbons (Fsp3) is 0.235. The van der Waals surface area contributed by atoms with Crippen molar-refractivity contribution in [3.8, 4) is 0 Å². The van der Waals surface area contributed by atoms with Gasteiger partial charge in [-0.15, -0.1) is 0 Å². The first-order chi connectivity index (χ1) is 10.1. The van der Waals surface area contributed by atoms with Gasteiger partial charge in [-0.2, -0.15) is 0 Å². The fourth-order valence-corrected chi connectivity index (χ4v) is 2.73. The average Bonchev–Trinajstić information content (AvgIpc) is 2.50. The van der Waals surface area contributed by atoms with E-state index in [0.717, 1.165) is 17.5 Å². The molecule has 2 aromatic rings. The fourth-order valence-electron chi connectivity index (χ4n) is 2.73. The van der Waals surface area contributed by atoms with Gasteiger partial charge in [0, 0.05) is 24.7 Å². The molecule has 2 aromatic carbocycles. The van der Waals surface area contributed by atoms with E-state index in [1.54, 1.807) is 17.0 Å². The second-order valence-corrected chi connectivity index (χ2v) is 5.32. The lowest BCUT2D eigenvalue weighted by Crippen LogP contribution is -2.41. The van der Waals surface area contributed by atoms with Crippen LogP contribution in [0.4, 0.5) is 4.39 Å². The van der Waals surface area contributed by atoms with Gasteiger partial charge >= 0.3 is 0 Å². The molecule has 0 saturated carbocycles. The first kappa shape index (κ1) is 13.8. The summed E-state index contributed by atoms with van der Waals surface area (Å²) < 4.78 is 13.2. The Kier molecular flexibility index (Phi) is 3.71. The van der Waals surface area contributed by atoms with Crippen molar-refractivity contribution in [2.45, 2.75) is 12.5 Å². The number of carbonyl (C=O) groups excluding carboxylic acids is 1. The molecule has 4 heteroatoms. The molecule has 0 bridgehead atoms. The number of benzene rings is 2. The lowest BCUT2D eigenvalue weighted by molar-refractivity contribution is 0.0729. The Hall–Kier alpha value is -2.20. The minimum Gasteiger partial charge on any atom is -0.336 e. The molecule has 0 spiro atoms. The van der Waals surface area contributed by atoms with Gasteiger partial charge in [0.05, 0.1) is 0 Å². The summed E-state index contributed by atoms with van der Waals surface area (Å²) >= 11 is 0.